The van der Waals surface area contributed by atoms with Gasteiger partial charge in [0.1, 0.15) is 18.1 Å². The third-order valence-corrected chi connectivity index (χ3v) is 6.18. The van der Waals surface area contributed by atoms with Crippen molar-refractivity contribution in [2.45, 2.75) is 26.5 Å². The molecule has 0 bridgehead atoms. The second-order valence-electron chi connectivity index (χ2n) is 8.56. The molecule has 0 aliphatic carbocycles. The number of ether oxygens (including phenoxy) is 1. The molecule has 192 valence electrons. The lowest BCUT2D eigenvalue weighted by atomic mass is 10.2. The van der Waals surface area contributed by atoms with E-state index in [-0.39, 0.29) is 37.3 Å². The molecule has 1 aromatic heterocycles. The normalized spacial score (nSPS) is 17.8. The van der Waals surface area contributed by atoms with Crippen molar-refractivity contribution in [1.82, 2.24) is 19.8 Å². The molecule has 14 heteroatoms. The van der Waals surface area contributed by atoms with Crippen molar-refractivity contribution in [1.29, 1.82) is 0 Å². The van der Waals surface area contributed by atoms with Crippen LogP contribution in [0.4, 0.5) is 26.4 Å². The fraction of sp³-hybridized carbons (Fsp3) is 0.455. The minimum Gasteiger partial charge on any atom is -0.442 e. The van der Waals surface area contributed by atoms with Crippen LogP contribution in [0.15, 0.2) is 24.4 Å². The van der Waals surface area contributed by atoms with Gasteiger partial charge in [-0.15, -0.1) is 0 Å². The molecule has 1 aromatic carbocycles. The molecular formula is C22H26FN7O6. The quantitative estimate of drug-likeness (QED) is 0.436. The Morgan fingerprint density at radius 1 is 1.28 bits per heavy atom. The number of cyclic esters (lactones) is 1. The molecule has 3 heterocycles. The highest BCUT2D eigenvalue weighted by atomic mass is 19.1. The number of nitrogens with one attached hydrogen (secondary N) is 1. The minimum atomic E-state index is -0.613. The SMILES string of the molecule is CC(=O)NC[C@H]1CN(c2ccc(N3CCN(C(=O)Cn4c([N+](=O)[O-])cnc4C)CC3)c(F)c2)C(=O)O1. The number of amides is 3. The monoisotopic (exact) mass is 503 g/mol. The van der Waals surface area contributed by atoms with Gasteiger partial charge in [-0.1, -0.05) is 0 Å². The first kappa shape index (κ1) is 24.9. The Morgan fingerprint density at radius 2 is 2.00 bits per heavy atom. The Labute approximate surface area is 205 Å². The average Bonchev–Trinajstić information content (AvgIpc) is 3.40. The van der Waals surface area contributed by atoms with Gasteiger partial charge < -0.3 is 30.0 Å². The number of nitrogens with zero attached hydrogens (tertiary/aromatic N) is 6. The summed E-state index contributed by atoms with van der Waals surface area (Å²) in [4.78, 5) is 55.2. The molecule has 2 saturated heterocycles. The van der Waals surface area contributed by atoms with E-state index in [1.165, 1.54) is 22.5 Å². The lowest BCUT2D eigenvalue weighted by Gasteiger charge is -2.36. The van der Waals surface area contributed by atoms with Crippen LogP contribution < -0.4 is 15.1 Å². The van der Waals surface area contributed by atoms with Crippen LogP contribution in [0.1, 0.15) is 12.7 Å². The number of piperazine rings is 1. The van der Waals surface area contributed by atoms with Crippen LogP contribution in [0, 0.1) is 22.9 Å². The van der Waals surface area contributed by atoms with Crippen molar-refractivity contribution in [2.75, 3.05) is 49.1 Å². The average molecular weight is 503 g/mol. The maximum Gasteiger partial charge on any atom is 0.414 e. The number of anilines is 2. The highest BCUT2D eigenvalue weighted by Gasteiger charge is 2.33. The van der Waals surface area contributed by atoms with Crippen LogP contribution >= 0.6 is 0 Å². The Balaban J connectivity index is 1.35. The number of hydrogen-bond acceptors (Lipinski definition) is 8. The van der Waals surface area contributed by atoms with Crippen molar-refractivity contribution < 1.29 is 28.4 Å². The molecule has 0 spiro atoms. The van der Waals surface area contributed by atoms with Gasteiger partial charge in [0, 0.05) is 40.0 Å². The van der Waals surface area contributed by atoms with Crippen molar-refractivity contribution in [3.63, 3.8) is 0 Å². The number of carbonyl (C=O) groups excluding carboxylic acids is 3. The third-order valence-electron chi connectivity index (χ3n) is 6.18. The topological polar surface area (TPSA) is 143 Å². The van der Waals surface area contributed by atoms with E-state index in [2.05, 4.69) is 10.3 Å². The standard InChI is InChI=1S/C22H26FN7O6/c1-14-24-11-20(30(34)35)28(14)13-21(32)27-7-5-26(6-8-27)19-4-3-16(9-18(19)23)29-12-17(36-22(29)33)10-25-15(2)31/h3-4,9,11,17H,5-8,10,12-13H2,1-2H3,(H,25,31)/t17-/m0/s1. The number of rotatable bonds is 7. The number of benzene rings is 1. The number of hydrogen-bond donors (Lipinski definition) is 1. The third kappa shape index (κ3) is 5.21. The first-order valence-corrected chi connectivity index (χ1v) is 11.4. The van der Waals surface area contributed by atoms with E-state index in [0.717, 1.165) is 6.20 Å². The maximum absolute atomic E-state index is 15.0. The van der Waals surface area contributed by atoms with Crippen LogP contribution in [0.3, 0.4) is 0 Å². The second-order valence-corrected chi connectivity index (χ2v) is 8.56. The largest absolute Gasteiger partial charge is 0.442 e. The number of carbonyl (C=O) groups is 3. The zero-order valence-electron chi connectivity index (χ0n) is 19.8. The summed E-state index contributed by atoms with van der Waals surface area (Å²) >= 11 is 0. The van der Waals surface area contributed by atoms with Crippen LogP contribution in [-0.2, 0) is 20.9 Å². The Bertz CT molecular complexity index is 1190. The predicted molar refractivity (Wildman–Crippen MR) is 125 cm³/mol. The number of aryl methyl sites for hydroxylation is 1. The van der Waals surface area contributed by atoms with Gasteiger partial charge in [-0.25, -0.2) is 18.7 Å². The van der Waals surface area contributed by atoms with Crippen molar-refractivity contribution in [3.8, 4) is 0 Å². The summed E-state index contributed by atoms with van der Waals surface area (Å²) in [7, 11) is 0. The van der Waals surface area contributed by atoms with Gasteiger partial charge in [-0.2, -0.15) is 0 Å². The molecule has 2 aliphatic rings. The van der Waals surface area contributed by atoms with Gasteiger partial charge in [0.25, 0.3) is 5.91 Å². The Kier molecular flexibility index (Phi) is 7.03. The summed E-state index contributed by atoms with van der Waals surface area (Å²) in [6.45, 7) is 4.52. The molecule has 0 unspecified atom stereocenters. The van der Waals surface area contributed by atoms with Crippen molar-refractivity contribution in [2.24, 2.45) is 0 Å². The van der Waals surface area contributed by atoms with E-state index in [0.29, 0.717) is 43.4 Å². The van der Waals surface area contributed by atoms with Gasteiger partial charge in [0.05, 0.1) is 24.5 Å². The molecule has 2 aromatic rings. The number of halogens is 1. The summed E-state index contributed by atoms with van der Waals surface area (Å²) in [5.74, 6) is -0.907. The molecule has 3 amide bonds. The van der Waals surface area contributed by atoms with Crippen molar-refractivity contribution in [3.05, 3.63) is 46.2 Å². The van der Waals surface area contributed by atoms with E-state index in [4.69, 9.17) is 4.74 Å². The molecule has 13 nitrogen and oxygen atoms in total. The summed E-state index contributed by atoms with van der Waals surface area (Å²) in [5, 5.41) is 13.7. The molecule has 4 rings (SSSR count). The first-order valence-electron chi connectivity index (χ1n) is 11.4. The van der Waals surface area contributed by atoms with E-state index in [1.807, 2.05) is 0 Å². The van der Waals surface area contributed by atoms with Gasteiger partial charge >= 0.3 is 11.9 Å². The lowest BCUT2D eigenvalue weighted by Crippen LogP contribution is -2.50. The molecule has 2 fully saturated rings. The van der Waals surface area contributed by atoms with Crippen molar-refractivity contribution >= 4 is 35.1 Å². The van der Waals surface area contributed by atoms with Crippen LogP contribution in [0.5, 0.6) is 0 Å². The highest BCUT2D eigenvalue weighted by Crippen LogP contribution is 2.28. The molecule has 0 radical (unpaired) electrons. The zero-order chi connectivity index (χ0) is 26.0. The van der Waals surface area contributed by atoms with Gasteiger partial charge in [-0.3, -0.25) is 14.5 Å². The van der Waals surface area contributed by atoms with Crippen LogP contribution in [0.2, 0.25) is 0 Å². The zero-order valence-corrected chi connectivity index (χ0v) is 19.8. The van der Waals surface area contributed by atoms with Crippen LogP contribution in [0.25, 0.3) is 0 Å². The fourth-order valence-corrected chi connectivity index (χ4v) is 4.25. The summed E-state index contributed by atoms with van der Waals surface area (Å²) in [5.41, 5.74) is 0.687. The molecule has 2 aliphatic heterocycles. The summed E-state index contributed by atoms with van der Waals surface area (Å²) in [6, 6.07) is 4.46. The van der Waals surface area contributed by atoms with E-state index in [9.17, 15) is 24.5 Å². The maximum atomic E-state index is 15.0. The first-order chi connectivity index (χ1) is 17.1. The summed E-state index contributed by atoms with van der Waals surface area (Å²) in [6.07, 6.45) is -0.0156. The predicted octanol–water partition coefficient (Wildman–Crippen LogP) is 1.05. The highest BCUT2D eigenvalue weighted by molar-refractivity contribution is 5.90. The lowest BCUT2D eigenvalue weighted by molar-refractivity contribution is -0.392. The smallest absolute Gasteiger partial charge is 0.414 e. The molecule has 1 N–H and O–H groups in total. The van der Waals surface area contributed by atoms with Crippen LogP contribution in [-0.4, -0.2) is 82.7 Å². The minimum absolute atomic E-state index is 0.175. The second kappa shape index (κ2) is 10.2. The molecule has 1 atom stereocenters. The molecular weight excluding hydrogens is 477 g/mol. The van der Waals surface area contributed by atoms with E-state index in [1.54, 1.807) is 28.9 Å². The Morgan fingerprint density at radius 3 is 2.64 bits per heavy atom. The number of imidazole rings is 1. The van der Waals surface area contributed by atoms with Gasteiger partial charge in [0.15, 0.2) is 12.4 Å². The Hall–Kier alpha value is -4.23. The fourth-order valence-electron chi connectivity index (χ4n) is 4.25. The molecule has 0 saturated carbocycles. The molecule has 36 heavy (non-hydrogen) atoms. The van der Waals surface area contributed by atoms with Gasteiger partial charge in [0.2, 0.25) is 5.91 Å². The number of aromatic nitrogens is 2. The van der Waals surface area contributed by atoms with Gasteiger partial charge in [-0.05, 0) is 23.1 Å². The van der Waals surface area contributed by atoms with E-state index >= 15 is 4.39 Å². The van der Waals surface area contributed by atoms with E-state index < -0.39 is 22.9 Å². The number of nitro groups is 1. The summed E-state index contributed by atoms with van der Waals surface area (Å²) < 4.78 is 21.5.